The monoisotopic (exact) mass is 271 g/mol. The third-order valence-electron chi connectivity index (χ3n) is 1.47. The highest BCUT2D eigenvalue weighted by molar-refractivity contribution is 7.40. The van der Waals surface area contributed by atoms with E-state index in [1.165, 1.54) is 11.3 Å². The Hall–Kier alpha value is -1.49. The fraction of sp³-hybridized carbons (Fsp3) is 0. The quantitative estimate of drug-likeness (QED) is 0.608. The molecule has 0 aliphatic heterocycles. The van der Waals surface area contributed by atoms with Crippen LogP contribution in [0.4, 0.5) is 0 Å². The van der Waals surface area contributed by atoms with E-state index in [0.717, 1.165) is 10.2 Å². The minimum atomic E-state index is -5.39. The van der Waals surface area contributed by atoms with E-state index in [2.05, 4.69) is 4.98 Å². The maximum atomic E-state index is 9.11. The van der Waals surface area contributed by atoms with Gasteiger partial charge in [-0.1, -0.05) is 0 Å². The van der Waals surface area contributed by atoms with E-state index in [9.17, 15) is 0 Å². The molecule has 2 rings (SSSR count). The summed E-state index contributed by atoms with van der Waals surface area (Å²) in [7, 11) is -5.39. The lowest BCUT2D eigenvalue weighted by Gasteiger charge is -2.36. The Bertz CT molecular complexity index is 606. The largest absolute Gasteiger partial charge is 0.822 e. The van der Waals surface area contributed by atoms with Crippen molar-refractivity contribution < 1.29 is 24.4 Å². The molecule has 0 amide bonds. The summed E-state index contributed by atoms with van der Waals surface area (Å²) in [4.78, 5) is 29.7. The molecule has 0 aliphatic carbocycles. The second kappa shape index (κ2) is 5.23. The molecular weight excluding hydrogens is 267 g/mol. The number of aromatic nitrogens is 1. The summed E-state index contributed by atoms with van der Waals surface area (Å²) in [5.74, 6) is 0.204. The topological polar surface area (TPSA) is 143 Å². The molecule has 1 N–H and O–H groups in total. The van der Waals surface area contributed by atoms with E-state index in [4.69, 9.17) is 29.6 Å². The summed E-state index contributed by atoms with van der Waals surface area (Å²) >= 11 is 1.28. The Morgan fingerprint density at radius 1 is 1.41 bits per heavy atom. The number of thiazole rings is 1. The number of fused-ring (bicyclic) bond motifs is 1. The van der Waals surface area contributed by atoms with Crippen LogP contribution in [0.1, 0.15) is 5.01 Å². The van der Waals surface area contributed by atoms with Crippen molar-refractivity contribution in [2.75, 3.05) is 0 Å². The number of rotatable bonds is 0. The molecule has 1 aromatic heterocycles. The SMILES string of the molecule is N#Cc1nc2ccc(O)cc2s1.O=P([O-])([O-])[O-]. The number of aromatic hydroxyl groups is 1. The maximum Gasteiger partial charge on any atom is 0.195 e. The van der Waals surface area contributed by atoms with Crippen molar-refractivity contribution in [1.82, 2.24) is 4.98 Å². The lowest BCUT2D eigenvalue weighted by molar-refractivity contribution is -0.432. The normalized spacial score (nSPS) is 10.5. The van der Waals surface area contributed by atoms with E-state index in [0.29, 0.717) is 5.01 Å². The summed E-state index contributed by atoms with van der Waals surface area (Å²) in [6.07, 6.45) is 0. The smallest absolute Gasteiger partial charge is 0.195 e. The first kappa shape index (κ1) is 13.6. The standard InChI is InChI=1S/C8H4N2OS.H3O4P/c9-4-8-10-6-2-1-5(11)3-7(6)12-8;1-5(2,3)4/h1-3,11H;(H3,1,2,3,4)/p-3. The first-order valence-corrected chi connectivity index (χ1v) is 6.30. The van der Waals surface area contributed by atoms with Gasteiger partial charge < -0.3 is 24.4 Å². The highest BCUT2D eigenvalue weighted by Gasteiger charge is 2.02. The first-order chi connectivity index (χ1) is 7.79. The highest BCUT2D eigenvalue weighted by Crippen LogP contribution is 2.24. The van der Waals surface area contributed by atoms with Crippen LogP contribution in [-0.2, 0) is 4.57 Å². The van der Waals surface area contributed by atoms with Crippen molar-refractivity contribution >= 4 is 29.4 Å². The van der Waals surface area contributed by atoms with Gasteiger partial charge in [0.05, 0.1) is 10.2 Å². The second-order valence-corrected chi connectivity index (χ2v) is 4.66. The van der Waals surface area contributed by atoms with Crippen molar-refractivity contribution in [2.45, 2.75) is 0 Å². The van der Waals surface area contributed by atoms with Crippen molar-refractivity contribution in [3.8, 4) is 11.8 Å². The van der Waals surface area contributed by atoms with Gasteiger partial charge in [0.15, 0.2) is 5.01 Å². The summed E-state index contributed by atoms with van der Waals surface area (Å²) in [6, 6.07) is 6.82. The molecule has 0 saturated carbocycles. The zero-order valence-electron chi connectivity index (χ0n) is 8.06. The van der Waals surface area contributed by atoms with Crippen LogP contribution in [-0.4, -0.2) is 10.1 Å². The molecule has 0 fully saturated rings. The third-order valence-corrected chi connectivity index (χ3v) is 2.39. The molecule has 0 radical (unpaired) electrons. The molecule has 0 saturated heterocycles. The zero-order valence-corrected chi connectivity index (χ0v) is 9.77. The molecule has 0 aliphatic rings. The number of phenols is 1. The van der Waals surface area contributed by atoms with Crippen LogP contribution in [0.3, 0.4) is 0 Å². The number of benzene rings is 1. The summed E-state index contributed by atoms with van der Waals surface area (Å²) < 4.78 is 9.39. The Labute approximate surface area is 99.5 Å². The first-order valence-electron chi connectivity index (χ1n) is 4.02. The van der Waals surface area contributed by atoms with Crippen LogP contribution < -0.4 is 14.7 Å². The predicted octanol–water partition coefficient (Wildman–Crippen LogP) is -0.951. The predicted molar refractivity (Wildman–Crippen MR) is 53.6 cm³/mol. The Kier molecular flexibility index (Phi) is 4.17. The summed E-state index contributed by atoms with van der Waals surface area (Å²) in [5.41, 5.74) is 0.759. The van der Waals surface area contributed by atoms with Gasteiger partial charge in [-0.3, -0.25) is 0 Å². The third kappa shape index (κ3) is 4.91. The Balaban J connectivity index is 0.000000249. The van der Waals surface area contributed by atoms with E-state index < -0.39 is 7.82 Å². The summed E-state index contributed by atoms with van der Waals surface area (Å²) in [6.45, 7) is 0. The molecule has 1 aromatic carbocycles. The van der Waals surface area contributed by atoms with Crippen molar-refractivity contribution in [1.29, 1.82) is 5.26 Å². The molecule has 1 heterocycles. The molecule has 7 nitrogen and oxygen atoms in total. The number of nitrogens with zero attached hydrogens (tertiary/aromatic N) is 2. The molecule has 9 heteroatoms. The van der Waals surface area contributed by atoms with Crippen LogP contribution in [0.5, 0.6) is 5.75 Å². The van der Waals surface area contributed by atoms with Crippen LogP contribution in [0.15, 0.2) is 18.2 Å². The lowest BCUT2D eigenvalue weighted by atomic mass is 10.3. The van der Waals surface area contributed by atoms with Gasteiger partial charge in [-0.2, -0.15) is 13.1 Å². The second-order valence-electron chi connectivity index (χ2n) is 2.73. The molecular formula is C8H4N2O5PS-3. The molecule has 0 spiro atoms. The molecule has 90 valence electrons. The Morgan fingerprint density at radius 3 is 2.53 bits per heavy atom. The van der Waals surface area contributed by atoms with E-state index in [-0.39, 0.29) is 5.75 Å². The summed E-state index contributed by atoms with van der Waals surface area (Å²) in [5, 5.41) is 18.1. The minimum absolute atomic E-state index is 0.204. The number of phenolic OH excluding ortho intramolecular Hbond substituents is 1. The molecule has 2 aromatic rings. The van der Waals surface area contributed by atoms with Crippen molar-refractivity contribution in [3.63, 3.8) is 0 Å². The highest BCUT2D eigenvalue weighted by atomic mass is 32.1. The van der Waals surface area contributed by atoms with Gasteiger partial charge >= 0.3 is 0 Å². The number of hydrogen-bond donors (Lipinski definition) is 1. The van der Waals surface area contributed by atoms with Gasteiger partial charge in [0, 0.05) is 0 Å². The molecule has 17 heavy (non-hydrogen) atoms. The van der Waals surface area contributed by atoms with Crippen LogP contribution in [0.2, 0.25) is 0 Å². The van der Waals surface area contributed by atoms with Gasteiger partial charge in [-0.15, -0.1) is 11.3 Å². The van der Waals surface area contributed by atoms with Crippen molar-refractivity contribution in [3.05, 3.63) is 23.2 Å². The van der Waals surface area contributed by atoms with Crippen LogP contribution in [0, 0.1) is 11.3 Å². The van der Waals surface area contributed by atoms with Gasteiger partial charge in [0.25, 0.3) is 0 Å². The molecule has 0 atom stereocenters. The van der Waals surface area contributed by atoms with Crippen LogP contribution >= 0.6 is 19.2 Å². The lowest BCUT2D eigenvalue weighted by Crippen LogP contribution is -2.24. The fourth-order valence-corrected chi connectivity index (χ4v) is 1.76. The van der Waals surface area contributed by atoms with E-state index in [1.54, 1.807) is 18.2 Å². The minimum Gasteiger partial charge on any atom is -0.822 e. The number of nitriles is 1. The zero-order chi connectivity index (χ0) is 13.1. The van der Waals surface area contributed by atoms with Gasteiger partial charge in [0.1, 0.15) is 11.8 Å². The fourth-order valence-electron chi connectivity index (χ4n) is 0.961. The molecule has 0 bridgehead atoms. The van der Waals surface area contributed by atoms with Crippen LogP contribution in [0.25, 0.3) is 10.2 Å². The average molecular weight is 271 g/mol. The maximum absolute atomic E-state index is 9.11. The van der Waals surface area contributed by atoms with E-state index in [1.807, 2.05) is 6.07 Å². The molecule has 0 unspecified atom stereocenters. The number of phosphoric acid groups is 1. The van der Waals surface area contributed by atoms with E-state index >= 15 is 0 Å². The van der Waals surface area contributed by atoms with Gasteiger partial charge in [-0.25, -0.2) is 4.98 Å². The van der Waals surface area contributed by atoms with Gasteiger partial charge in [0.2, 0.25) is 0 Å². The Morgan fingerprint density at radius 2 is 2.00 bits per heavy atom. The van der Waals surface area contributed by atoms with Crippen molar-refractivity contribution in [2.24, 2.45) is 0 Å². The average Bonchev–Trinajstić information content (AvgIpc) is 2.57. The number of hydrogen-bond acceptors (Lipinski definition) is 8. The van der Waals surface area contributed by atoms with Gasteiger partial charge in [-0.05, 0) is 18.2 Å².